The molecule has 0 radical (unpaired) electrons. The van der Waals surface area contributed by atoms with Crippen molar-refractivity contribution in [3.8, 4) is 0 Å². The molecule has 108 valence electrons. The van der Waals surface area contributed by atoms with Gasteiger partial charge in [-0.3, -0.25) is 4.79 Å². The van der Waals surface area contributed by atoms with Gasteiger partial charge in [-0.05, 0) is 29.8 Å². The third-order valence-corrected chi connectivity index (χ3v) is 3.92. The van der Waals surface area contributed by atoms with Crippen LogP contribution < -0.4 is 0 Å². The van der Waals surface area contributed by atoms with Gasteiger partial charge >= 0.3 is 0 Å². The second-order valence-corrected chi connectivity index (χ2v) is 5.62. The van der Waals surface area contributed by atoms with Gasteiger partial charge < -0.3 is 4.42 Å². The van der Waals surface area contributed by atoms with Gasteiger partial charge in [-0.1, -0.05) is 29.3 Å². The second-order valence-electron chi connectivity index (χ2n) is 4.77. The molecule has 0 saturated carbocycles. The second kappa shape index (κ2) is 5.54. The molecule has 1 aromatic heterocycles. The van der Waals surface area contributed by atoms with Crippen molar-refractivity contribution in [1.82, 2.24) is 5.01 Å². The minimum absolute atomic E-state index is 0.146. The van der Waals surface area contributed by atoms with Crippen LogP contribution in [0.2, 0.25) is 10.0 Å². The van der Waals surface area contributed by atoms with Crippen LogP contribution in [0.15, 0.2) is 46.1 Å². The minimum Gasteiger partial charge on any atom is -0.463 e. The molecule has 0 spiro atoms. The van der Waals surface area contributed by atoms with Crippen molar-refractivity contribution in [2.24, 2.45) is 5.10 Å². The number of nitrogens with zero attached hydrogens (tertiary/aromatic N) is 2. The smallest absolute Gasteiger partial charge is 0.240 e. The molecule has 0 N–H and O–H groups in total. The minimum atomic E-state index is -0.243. The third-order valence-electron chi connectivity index (χ3n) is 3.36. The molecule has 2 heterocycles. The van der Waals surface area contributed by atoms with Crippen LogP contribution in [-0.4, -0.2) is 16.6 Å². The first-order chi connectivity index (χ1) is 10.1. The predicted molar refractivity (Wildman–Crippen MR) is 81.6 cm³/mol. The number of carbonyl (C=O) groups excluding carboxylic acids is 1. The molecule has 6 heteroatoms. The average molecular weight is 323 g/mol. The number of halogens is 2. The van der Waals surface area contributed by atoms with Crippen LogP contribution in [0.1, 0.15) is 30.7 Å². The van der Waals surface area contributed by atoms with Gasteiger partial charge in [0.05, 0.1) is 12.3 Å². The van der Waals surface area contributed by atoms with E-state index < -0.39 is 0 Å². The van der Waals surface area contributed by atoms with Gasteiger partial charge in [0, 0.05) is 23.4 Å². The average Bonchev–Trinajstić information content (AvgIpc) is 3.07. The topological polar surface area (TPSA) is 45.8 Å². The van der Waals surface area contributed by atoms with Gasteiger partial charge in [-0.15, -0.1) is 0 Å². The highest BCUT2D eigenvalue weighted by molar-refractivity contribution is 6.35. The number of carbonyl (C=O) groups is 1. The highest BCUT2D eigenvalue weighted by Crippen LogP contribution is 2.37. The van der Waals surface area contributed by atoms with Crippen molar-refractivity contribution in [2.75, 3.05) is 0 Å². The Bertz CT molecular complexity index is 710. The lowest BCUT2D eigenvalue weighted by Gasteiger charge is -2.21. The highest BCUT2D eigenvalue weighted by Gasteiger charge is 2.33. The number of amides is 1. The Kier molecular flexibility index (Phi) is 3.74. The maximum atomic E-state index is 11.8. The lowest BCUT2D eigenvalue weighted by Crippen LogP contribution is -2.24. The quantitative estimate of drug-likeness (QED) is 0.828. The fourth-order valence-corrected chi connectivity index (χ4v) is 2.94. The number of hydrazone groups is 1. The molecular formula is C15H12Cl2N2O2. The summed E-state index contributed by atoms with van der Waals surface area (Å²) in [5.41, 5.74) is 1.55. The first-order valence-corrected chi connectivity index (χ1v) is 7.18. The normalized spacial score (nSPS) is 18.0. The van der Waals surface area contributed by atoms with Crippen molar-refractivity contribution in [3.63, 3.8) is 0 Å². The number of hydrogen-bond acceptors (Lipinski definition) is 3. The Morgan fingerprint density at radius 3 is 2.81 bits per heavy atom. The van der Waals surface area contributed by atoms with E-state index in [4.69, 9.17) is 27.6 Å². The largest absolute Gasteiger partial charge is 0.463 e. The first-order valence-electron chi connectivity index (χ1n) is 6.42. The summed E-state index contributed by atoms with van der Waals surface area (Å²) in [6.45, 7) is 1.48. The van der Waals surface area contributed by atoms with E-state index >= 15 is 0 Å². The van der Waals surface area contributed by atoms with Crippen LogP contribution in [0.5, 0.6) is 0 Å². The van der Waals surface area contributed by atoms with E-state index in [1.165, 1.54) is 11.9 Å². The van der Waals surface area contributed by atoms with E-state index in [9.17, 15) is 4.79 Å². The molecule has 1 unspecified atom stereocenters. The van der Waals surface area contributed by atoms with Crippen molar-refractivity contribution in [2.45, 2.75) is 19.4 Å². The fraction of sp³-hybridized carbons (Fsp3) is 0.200. The molecule has 0 aliphatic carbocycles. The molecule has 0 fully saturated rings. The molecule has 4 nitrogen and oxygen atoms in total. The molecule has 1 aliphatic rings. The molecule has 2 aromatic rings. The molecule has 1 amide bonds. The van der Waals surface area contributed by atoms with E-state index in [0.717, 1.165) is 11.3 Å². The number of furan rings is 1. The molecule has 0 bridgehead atoms. The van der Waals surface area contributed by atoms with Crippen molar-refractivity contribution in [1.29, 1.82) is 0 Å². The Morgan fingerprint density at radius 1 is 1.38 bits per heavy atom. The standard InChI is InChI=1S/C15H12Cl2N2O2/c1-9(20)19-14(11-5-4-10(16)7-12(11)17)8-13(18-19)15-3-2-6-21-15/h2-7,14H,8H2,1H3. The van der Waals surface area contributed by atoms with Crippen molar-refractivity contribution in [3.05, 3.63) is 58.0 Å². The van der Waals surface area contributed by atoms with Gasteiger partial charge in [0.2, 0.25) is 5.91 Å². The van der Waals surface area contributed by atoms with E-state index in [-0.39, 0.29) is 11.9 Å². The lowest BCUT2D eigenvalue weighted by molar-refractivity contribution is -0.130. The molecule has 1 atom stereocenters. The summed E-state index contributed by atoms with van der Waals surface area (Å²) in [6.07, 6.45) is 2.13. The Balaban J connectivity index is 1.98. The Hall–Kier alpha value is -1.78. The summed E-state index contributed by atoms with van der Waals surface area (Å²) >= 11 is 12.2. The number of rotatable bonds is 2. The molecule has 21 heavy (non-hydrogen) atoms. The summed E-state index contributed by atoms with van der Waals surface area (Å²) in [5.74, 6) is 0.515. The summed E-state index contributed by atoms with van der Waals surface area (Å²) < 4.78 is 5.36. The Labute approximate surface area is 131 Å². The van der Waals surface area contributed by atoms with Crippen molar-refractivity contribution < 1.29 is 9.21 Å². The van der Waals surface area contributed by atoms with Gasteiger partial charge in [-0.2, -0.15) is 5.10 Å². The zero-order valence-corrected chi connectivity index (χ0v) is 12.7. The van der Waals surface area contributed by atoms with E-state index in [0.29, 0.717) is 22.2 Å². The van der Waals surface area contributed by atoms with Crippen LogP contribution in [0, 0.1) is 0 Å². The zero-order valence-electron chi connectivity index (χ0n) is 11.2. The molecule has 1 aromatic carbocycles. The number of benzene rings is 1. The van der Waals surface area contributed by atoms with E-state index in [1.807, 2.05) is 12.1 Å². The summed E-state index contributed by atoms with van der Waals surface area (Å²) in [6, 6.07) is 8.62. The maximum Gasteiger partial charge on any atom is 0.240 e. The monoisotopic (exact) mass is 322 g/mol. The molecule has 1 aliphatic heterocycles. The van der Waals surface area contributed by atoms with E-state index in [1.54, 1.807) is 24.5 Å². The fourth-order valence-electron chi connectivity index (χ4n) is 2.41. The van der Waals surface area contributed by atoms with Crippen LogP contribution in [-0.2, 0) is 4.79 Å². The van der Waals surface area contributed by atoms with Gasteiger partial charge in [0.15, 0.2) is 0 Å². The van der Waals surface area contributed by atoms with Gasteiger partial charge in [0.1, 0.15) is 11.5 Å². The first kappa shape index (κ1) is 14.2. The Morgan fingerprint density at radius 2 is 2.19 bits per heavy atom. The van der Waals surface area contributed by atoms with Crippen LogP contribution >= 0.6 is 23.2 Å². The molecule has 0 saturated heterocycles. The van der Waals surface area contributed by atoms with Gasteiger partial charge in [-0.25, -0.2) is 5.01 Å². The summed E-state index contributed by atoms with van der Waals surface area (Å²) in [5, 5.41) is 6.89. The van der Waals surface area contributed by atoms with Gasteiger partial charge in [0.25, 0.3) is 0 Å². The van der Waals surface area contributed by atoms with E-state index in [2.05, 4.69) is 5.10 Å². The number of hydrogen-bond donors (Lipinski definition) is 0. The van der Waals surface area contributed by atoms with Crippen molar-refractivity contribution >= 4 is 34.8 Å². The van der Waals surface area contributed by atoms with Crippen LogP contribution in [0.3, 0.4) is 0 Å². The highest BCUT2D eigenvalue weighted by atomic mass is 35.5. The maximum absolute atomic E-state index is 11.8. The molecule has 3 rings (SSSR count). The zero-order chi connectivity index (χ0) is 15.0. The van der Waals surface area contributed by atoms with Crippen LogP contribution in [0.4, 0.5) is 0 Å². The summed E-state index contributed by atoms with van der Waals surface area (Å²) in [7, 11) is 0. The summed E-state index contributed by atoms with van der Waals surface area (Å²) in [4.78, 5) is 11.8. The predicted octanol–water partition coefficient (Wildman–Crippen LogP) is 4.28. The lowest BCUT2D eigenvalue weighted by atomic mass is 10.0. The SMILES string of the molecule is CC(=O)N1N=C(c2ccco2)CC1c1ccc(Cl)cc1Cl. The molecular weight excluding hydrogens is 311 g/mol. The third kappa shape index (κ3) is 2.69. The van der Waals surface area contributed by atoms with Crippen LogP contribution in [0.25, 0.3) is 0 Å².